The maximum absolute atomic E-state index is 15.0. The normalized spacial score (nSPS) is 11.3. The number of benzene rings is 1. The fraction of sp³-hybridized carbons (Fsp3) is 0.261. The number of hydrogen-bond acceptors (Lipinski definition) is 7. The van der Waals surface area contributed by atoms with Crippen LogP contribution in [-0.2, 0) is 21.3 Å². The van der Waals surface area contributed by atoms with Gasteiger partial charge in [0.15, 0.2) is 11.6 Å². The Morgan fingerprint density at radius 3 is 2.54 bits per heavy atom. The summed E-state index contributed by atoms with van der Waals surface area (Å²) in [6, 6.07) is 5.72. The molecule has 0 saturated heterocycles. The number of carbonyl (C=O) groups is 1. The topological polar surface area (TPSA) is 119 Å². The van der Waals surface area contributed by atoms with E-state index in [4.69, 9.17) is 4.74 Å². The fourth-order valence-corrected chi connectivity index (χ4v) is 3.86. The first-order valence-corrected chi connectivity index (χ1v) is 12.1. The first kappa shape index (κ1) is 25.8. The van der Waals surface area contributed by atoms with Crippen molar-refractivity contribution in [3.05, 3.63) is 80.9 Å². The lowest BCUT2D eigenvalue weighted by atomic mass is 10.1. The Morgan fingerprint density at radius 2 is 1.91 bits per heavy atom. The average Bonchev–Trinajstić information content (AvgIpc) is 2.81. The number of sulfonamides is 1. The van der Waals surface area contributed by atoms with Gasteiger partial charge in [-0.05, 0) is 44.5 Å². The zero-order chi connectivity index (χ0) is 25.9. The molecule has 2 aromatic heterocycles. The molecule has 0 spiro atoms. The SMILES string of the molecule is CCS(=O)(=O)Nc1nccc(Cn2cc(C(=O)OC)c(Nc3ccc(C)cc3F)c(C)c2=O)c1F. The lowest BCUT2D eigenvalue weighted by Crippen LogP contribution is -2.27. The fourth-order valence-electron chi connectivity index (χ4n) is 3.28. The van der Waals surface area contributed by atoms with Gasteiger partial charge in [-0.25, -0.2) is 27.0 Å². The molecule has 3 rings (SSSR count). The number of esters is 1. The van der Waals surface area contributed by atoms with E-state index in [1.165, 1.54) is 44.4 Å². The summed E-state index contributed by atoms with van der Waals surface area (Å²) in [6.07, 6.45) is 2.37. The van der Waals surface area contributed by atoms with Crippen LogP contribution >= 0.6 is 0 Å². The largest absolute Gasteiger partial charge is 0.465 e. The van der Waals surface area contributed by atoms with E-state index >= 15 is 0 Å². The molecular formula is C23H24F2N4O5S. The van der Waals surface area contributed by atoms with Crippen LogP contribution in [0.15, 0.2) is 41.5 Å². The van der Waals surface area contributed by atoms with Gasteiger partial charge in [0.1, 0.15) is 5.82 Å². The van der Waals surface area contributed by atoms with E-state index in [9.17, 15) is 26.8 Å². The molecule has 0 amide bonds. The van der Waals surface area contributed by atoms with Gasteiger partial charge in [0, 0.05) is 23.5 Å². The third-order valence-electron chi connectivity index (χ3n) is 5.24. The number of aryl methyl sites for hydroxylation is 1. The molecule has 2 N–H and O–H groups in total. The average molecular weight is 507 g/mol. The van der Waals surface area contributed by atoms with Gasteiger partial charge in [0.2, 0.25) is 10.0 Å². The molecule has 0 bridgehead atoms. The van der Waals surface area contributed by atoms with E-state index < -0.39 is 39.0 Å². The number of ether oxygens (including phenoxy) is 1. The number of anilines is 3. The van der Waals surface area contributed by atoms with Crippen LogP contribution in [0.1, 0.15) is 34.0 Å². The summed E-state index contributed by atoms with van der Waals surface area (Å²) in [5.74, 6) is -3.13. The standard InChI is InChI=1S/C23H24F2N4O5S/c1-5-35(32,33)28-21-19(25)15(8-9-26-21)11-29-12-16(23(31)34-4)20(14(3)22(29)30)27-18-7-6-13(2)10-17(18)24/h6-10,12,27H,5,11H2,1-4H3,(H,26,28). The van der Waals surface area contributed by atoms with E-state index in [0.29, 0.717) is 5.56 Å². The molecule has 0 aliphatic heterocycles. The molecule has 0 aliphatic carbocycles. The number of methoxy groups -OCH3 is 1. The highest BCUT2D eigenvalue weighted by Gasteiger charge is 2.22. The Kier molecular flexibility index (Phi) is 7.54. The summed E-state index contributed by atoms with van der Waals surface area (Å²) < 4.78 is 61.0. The van der Waals surface area contributed by atoms with E-state index in [-0.39, 0.29) is 40.4 Å². The van der Waals surface area contributed by atoms with Gasteiger partial charge in [-0.3, -0.25) is 9.52 Å². The van der Waals surface area contributed by atoms with Gasteiger partial charge in [-0.1, -0.05) is 6.07 Å². The second-order valence-corrected chi connectivity index (χ2v) is 9.72. The quantitative estimate of drug-likeness (QED) is 0.449. The molecule has 12 heteroatoms. The van der Waals surface area contributed by atoms with E-state index in [1.54, 1.807) is 13.0 Å². The van der Waals surface area contributed by atoms with Crippen LogP contribution in [0.4, 0.5) is 26.0 Å². The Bertz CT molecular complexity index is 1450. The third kappa shape index (κ3) is 5.65. The van der Waals surface area contributed by atoms with E-state index in [1.807, 2.05) is 0 Å². The van der Waals surface area contributed by atoms with Crippen LogP contribution in [0.3, 0.4) is 0 Å². The highest BCUT2D eigenvalue weighted by molar-refractivity contribution is 7.92. The number of nitrogens with zero attached hydrogens (tertiary/aromatic N) is 2. The minimum Gasteiger partial charge on any atom is -0.465 e. The monoisotopic (exact) mass is 506 g/mol. The smallest absolute Gasteiger partial charge is 0.341 e. The summed E-state index contributed by atoms with van der Waals surface area (Å²) in [7, 11) is -2.63. The number of aromatic nitrogens is 2. The molecule has 0 saturated carbocycles. The molecule has 0 aliphatic rings. The summed E-state index contributed by atoms with van der Waals surface area (Å²) in [5.41, 5.74) is 0.144. The van der Waals surface area contributed by atoms with Crippen molar-refractivity contribution in [1.82, 2.24) is 9.55 Å². The molecule has 0 radical (unpaired) electrons. The number of hydrogen-bond donors (Lipinski definition) is 2. The molecule has 35 heavy (non-hydrogen) atoms. The molecule has 1 aromatic carbocycles. The van der Waals surface area contributed by atoms with Gasteiger partial charge in [0.05, 0.1) is 36.3 Å². The van der Waals surface area contributed by atoms with Crippen LogP contribution in [0.5, 0.6) is 0 Å². The molecular weight excluding hydrogens is 482 g/mol. The second kappa shape index (κ2) is 10.2. The molecule has 9 nitrogen and oxygen atoms in total. The van der Waals surface area contributed by atoms with Crippen molar-refractivity contribution in [3.8, 4) is 0 Å². The molecule has 0 fully saturated rings. The first-order chi connectivity index (χ1) is 16.5. The Morgan fingerprint density at radius 1 is 1.20 bits per heavy atom. The molecule has 3 aromatic rings. The van der Waals surface area contributed by atoms with Gasteiger partial charge >= 0.3 is 5.97 Å². The van der Waals surface area contributed by atoms with Gasteiger partial charge < -0.3 is 14.6 Å². The van der Waals surface area contributed by atoms with Crippen LogP contribution in [0, 0.1) is 25.5 Å². The Hall–Kier alpha value is -3.80. The summed E-state index contributed by atoms with van der Waals surface area (Å²) in [6.45, 7) is 4.20. The van der Waals surface area contributed by atoms with Crippen molar-refractivity contribution in [2.75, 3.05) is 22.9 Å². The van der Waals surface area contributed by atoms with Crippen LogP contribution < -0.4 is 15.6 Å². The van der Waals surface area contributed by atoms with Crippen molar-refractivity contribution < 1.29 is 26.7 Å². The zero-order valence-corrected chi connectivity index (χ0v) is 20.3. The lowest BCUT2D eigenvalue weighted by Gasteiger charge is -2.17. The van der Waals surface area contributed by atoms with Gasteiger partial charge in [0.25, 0.3) is 5.56 Å². The van der Waals surface area contributed by atoms with Crippen molar-refractivity contribution >= 4 is 33.2 Å². The highest BCUT2D eigenvalue weighted by Crippen LogP contribution is 2.27. The predicted octanol–water partition coefficient (Wildman–Crippen LogP) is 3.48. The van der Waals surface area contributed by atoms with Crippen molar-refractivity contribution in [2.45, 2.75) is 27.3 Å². The van der Waals surface area contributed by atoms with Crippen LogP contribution in [0.25, 0.3) is 0 Å². The minimum atomic E-state index is -3.78. The van der Waals surface area contributed by atoms with E-state index in [2.05, 4.69) is 15.0 Å². The zero-order valence-electron chi connectivity index (χ0n) is 19.5. The molecule has 186 valence electrons. The summed E-state index contributed by atoms with van der Waals surface area (Å²) in [5, 5.41) is 2.79. The number of rotatable bonds is 8. The summed E-state index contributed by atoms with van der Waals surface area (Å²) >= 11 is 0. The first-order valence-electron chi connectivity index (χ1n) is 10.5. The van der Waals surface area contributed by atoms with Crippen molar-refractivity contribution in [3.63, 3.8) is 0 Å². The van der Waals surface area contributed by atoms with Crippen LogP contribution in [-0.4, -0.2) is 36.8 Å². The number of nitrogens with one attached hydrogen (secondary N) is 2. The maximum Gasteiger partial charge on any atom is 0.341 e. The molecule has 2 heterocycles. The highest BCUT2D eigenvalue weighted by atomic mass is 32.2. The minimum absolute atomic E-state index is 0.0450. The Balaban J connectivity index is 2.08. The lowest BCUT2D eigenvalue weighted by molar-refractivity contribution is 0.0600. The van der Waals surface area contributed by atoms with Crippen molar-refractivity contribution in [2.24, 2.45) is 0 Å². The van der Waals surface area contributed by atoms with E-state index in [0.717, 1.165) is 11.7 Å². The van der Waals surface area contributed by atoms with Crippen LogP contribution in [0.2, 0.25) is 0 Å². The van der Waals surface area contributed by atoms with Gasteiger partial charge in [-0.2, -0.15) is 0 Å². The number of carbonyl (C=O) groups excluding carboxylic acids is 1. The second-order valence-electron chi connectivity index (χ2n) is 7.71. The molecule has 0 unspecified atom stereocenters. The Labute approximate surface area is 200 Å². The van der Waals surface area contributed by atoms with Crippen molar-refractivity contribution in [1.29, 1.82) is 0 Å². The number of halogens is 2. The molecule has 0 atom stereocenters. The van der Waals surface area contributed by atoms with Gasteiger partial charge in [-0.15, -0.1) is 0 Å². The maximum atomic E-state index is 15.0. The number of pyridine rings is 2. The summed E-state index contributed by atoms with van der Waals surface area (Å²) in [4.78, 5) is 29.3. The third-order valence-corrected chi connectivity index (χ3v) is 6.51. The predicted molar refractivity (Wildman–Crippen MR) is 128 cm³/mol.